The first-order valence-corrected chi connectivity index (χ1v) is 7.44. The molecule has 0 saturated heterocycles. The van der Waals surface area contributed by atoms with E-state index in [4.69, 9.17) is 5.26 Å². The third kappa shape index (κ3) is 6.42. The lowest BCUT2D eigenvalue weighted by Gasteiger charge is -2.17. The fourth-order valence-corrected chi connectivity index (χ4v) is 2.16. The molecule has 0 aliphatic carbocycles. The minimum atomic E-state index is -0.549. The molecule has 4 nitrogen and oxygen atoms in total. The Kier molecular flexibility index (Phi) is 7.49. The lowest BCUT2D eigenvalue weighted by atomic mass is 9.97. The van der Waals surface area contributed by atoms with E-state index in [1.165, 1.54) is 5.56 Å². The summed E-state index contributed by atoms with van der Waals surface area (Å²) in [6.45, 7) is 6.21. The number of nitrogens with zero attached hydrogens (tertiary/aromatic N) is 2. The zero-order valence-corrected chi connectivity index (χ0v) is 13.2. The van der Waals surface area contributed by atoms with Crippen LogP contribution in [0.15, 0.2) is 30.3 Å². The molecule has 1 N–H and O–H groups in total. The molecule has 0 spiro atoms. The standard InChI is InChI=1S/C17H25N3O/c1-14(2)16(12-18)17(21)19-10-7-11-20(3)13-15-8-5-4-6-9-15/h4-6,8-9,14,16H,7,10-11,13H2,1-3H3,(H,19,21). The van der Waals surface area contributed by atoms with Crippen molar-refractivity contribution in [1.82, 2.24) is 10.2 Å². The number of nitrogens with one attached hydrogen (secondary N) is 1. The van der Waals surface area contributed by atoms with E-state index in [1.54, 1.807) is 0 Å². The van der Waals surface area contributed by atoms with Crippen LogP contribution in [0.5, 0.6) is 0 Å². The van der Waals surface area contributed by atoms with Gasteiger partial charge in [0.1, 0.15) is 5.92 Å². The molecule has 21 heavy (non-hydrogen) atoms. The molecule has 4 heteroatoms. The highest BCUT2D eigenvalue weighted by Gasteiger charge is 2.20. The van der Waals surface area contributed by atoms with E-state index in [-0.39, 0.29) is 11.8 Å². The molecule has 1 aromatic carbocycles. The quantitative estimate of drug-likeness (QED) is 0.747. The van der Waals surface area contributed by atoms with Crippen LogP contribution in [0.4, 0.5) is 0 Å². The van der Waals surface area contributed by atoms with Gasteiger partial charge in [0.05, 0.1) is 6.07 Å². The van der Waals surface area contributed by atoms with E-state index in [2.05, 4.69) is 35.5 Å². The monoisotopic (exact) mass is 287 g/mol. The van der Waals surface area contributed by atoms with E-state index >= 15 is 0 Å². The topological polar surface area (TPSA) is 56.1 Å². The molecule has 1 amide bonds. The van der Waals surface area contributed by atoms with Crippen molar-refractivity contribution in [3.05, 3.63) is 35.9 Å². The minimum Gasteiger partial charge on any atom is -0.355 e. The smallest absolute Gasteiger partial charge is 0.237 e. The van der Waals surface area contributed by atoms with Crippen LogP contribution in [-0.4, -0.2) is 30.9 Å². The molecule has 0 fully saturated rings. The fraction of sp³-hybridized carbons (Fsp3) is 0.529. The van der Waals surface area contributed by atoms with Gasteiger partial charge in [-0.05, 0) is 31.5 Å². The molecule has 0 heterocycles. The van der Waals surface area contributed by atoms with Crippen molar-refractivity contribution in [2.45, 2.75) is 26.8 Å². The zero-order chi connectivity index (χ0) is 15.7. The highest BCUT2D eigenvalue weighted by molar-refractivity contribution is 5.81. The Bertz CT molecular complexity index is 465. The van der Waals surface area contributed by atoms with Crippen LogP contribution in [0.3, 0.4) is 0 Å². The summed E-state index contributed by atoms with van der Waals surface area (Å²) in [5.41, 5.74) is 1.29. The molecule has 1 unspecified atom stereocenters. The summed E-state index contributed by atoms with van der Waals surface area (Å²) in [5, 5.41) is 11.8. The SMILES string of the molecule is CC(C)C(C#N)C(=O)NCCCN(C)Cc1ccccc1. The second kappa shape index (κ2) is 9.15. The van der Waals surface area contributed by atoms with Gasteiger partial charge in [-0.1, -0.05) is 44.2 Å². The summed E-state index contributed by atoms with van der Waals surface area (Å²) >= 11 is 0. The van der Waals surface area contributed by atoms with E-state index in [9.17, 15) is 4.79 Å². The van der Waals surface area contributed by atoms with Crippen molar-refractivity contribution in [1.29, 1.82) is 5.26 Å². The summed E-state index contributed by atoms with van der Waals surface area (Å²) in [4.78, 5) is 14.0. The van der Waals surface area contributed by atoms with Crippen molar-refractivity contribution in [3.63, 3.8) is 0 Å². The van der Waals surface area contributed by atoms with Crippen LogP contribution in [-0.2, 0) is 11.3 Å². The van der Waals surface area contributed by atoms with Gasteiger partial charge in [-0.25, -0.2) is 0 Å². The number of nitriles is 1. The van der Waals surface area contributed by atoms with Crippen LogP contribution in [0, 0.1) is 23.2 Å². The van der Waals surface area contributed by atoms with Crippen molar-refractivity contribution < 1.29 is 4.79 Å². The maximum Gasteiger partial charge on any atom is 0.237 e. The first-order chi connectivity index (χ1) is 10.0. The molecule has 0 radical (unpaired) electrons. The molecule has 0 aromatic heterocycles. The first kappa shape index (κ1) is 17.2. The van der Waals surface area contributed by atoms with Gasteiger partial charge >= 0.3 is 0 Å². The molecule has 1 aromatic rings. The van der Waals surface area contributed by atoms with Gasteiger partial charge in [0, 0.05) is 13.1 Å². The van der Waals surface area contributed by atoms with Crippen LogP contribution < -0.4 is 5.32 Å². The number of hydrogen-bond donors (Lipinski definition) is 1. The number of carbonyl (C=O) groups excluding carboxylic acids is 1. The van der Waals surface area contributed by atoms with Crippen LogP contribution >= 0.6 is 0 Å². The minimum absolute atomic E-state index is 0.0516. The lowest BCUT2D eigenvalue weighted by molar-refractivity contribution is -0.124. The van der Waals surface area contributed by atoms with Gasteiger partial charge in [-0.3, -0.25) is 4.79 Å². The molecular weight excluding hydrogens is 262 g/mol. The molecule has 0 saturated carbocycles. The molecule has 0 aliphatic heterocycles. The Morgan fingerprint density at radius 3 is 2.57 bits per heavy atom. The number of carbonyl (C=O) groups is 1. The van der Waals surface area contributed by atoms with E-state index < -0.39 is 5.92 Å². The van der Waals surface area contributed by atoms with E-state index in [1.807, 2.05) is 32.0 Å². The largest absolute Gasteiger partial charge is 0.355 e. The summed E-state index contributed by atoms with van der Waals surface area (Å²) < 4.78 is 0. The highest BCUT2D eigenvalue weighted by Crippen LogP contribution is 2.09. The molecule has 0 aliphatic rings. The van der Waals surface area contributed by atoms with Crippen LogP contribution in [0.2, 0.25) is 0 Å². The number of hydrogen-bond acceptors (Lipinski definition) is 3. The van der Waals surface area contributed by atoms with E-state index in [0.29, 0.717) is 6.54 Å². The highest BCUT2D eigenvalue weighted by atomic mass is 16.1. The second-order valence-electron chi connectivity index (χ2n) is 5.72. The molecule has 1 rings (SSSR count). The van der Waals surface area contributed by atoms with Crippen molar-refractivity contribution in [2.24, 2.45) is 11.8 Å². The van der Waals surface area contributed by atoms with Crippen molar-refractivity contribution in [2.75, 3.05) is 20.1 Å². The average Bonchev–Trinajstić information content (AvgIpc) is 2.45. The third-order valence-corrected chi connectivity index (χ3v) is 3.40. The Hall–Kier alpha value is -1.86. The molecular formula is C17H25N3O. The summed E-state index contributed by atoms with van der Waals surface area (Å²) in [6.07, 6.45) is 0.880. The Balaban J connectivity index is 2.22. The maximum atomic E-state index is 11.8. The van der Waals surface area contributed by atoms with Crippen LogP contribution in [0.25, 0.3) is 0 Å². The number of amides is 1. The first-order valence-electron chi connectivity index (χ1n) is 7.44. The zero-order valence-electron chi connectivity index (χ0n) is 13.2. The lowest BCUT2D eigenvalue weighted by Crippen LogP contribution is -2.34. The Labute approximate surface area is 127 Å². The predicted molar refractivity (Wildman–Crippen MR) is 84.3 cm³/mol. The van der Waals surface area contributed by atoms with Gasteiger partial charge in [0.15, 0.2) is 0 Å². The van der Waals surface area contributed by atoms with Gasteiger partial charge in [-0.15, -0.1) is 0 Å². The Morgan fingerprint density at radius 1 is 1.33 bits per heavy atom. The van der Waals surface area contributed by atoms with Gasteiger partial charge < -0.3 is 10.2 Å². The van der Waals surface area contributed by atoms with Gasteiger partial charge in [0.2, 0.25) is 5.91 Å². The molecule has 1 atom stereocenters. The van der Waals surface area contributed by atoms with Gasteiger partial charge in [0.25, 0.3) is 0 Å². The fourth-order valence-electron chi connectivity index (χ4n) is 2.16. The third-order valence-electron chi connectivity index (χ3n) is 3.40. The predicted octanol–water partition coefficient (Wildman–Crippen LogP) is 2.42. The van der Waals surface area contributed by atoms with Crippen LogP contribution in [0.1, 0.15) is 25.8 Å². The van der Waals surface area contributed by atoms with Crippen molar-refractivity contribution >= 4 is 5.91 Å². The number of rotatable bonds is 8. The second-order valence-corrected chi connectivity index (χ2v) is 5.72. The summed E-state index contributed by atoms with van der Waals surface area (Å²) in [6, 6.07) is 12.4. The van der Waals surface area contributed by atoms with E-state index in [0.717, 1.165) is 19.5 Å². The Morgan fingerprint density at radius 2 is 2.00 bits per heavy atom. The summed E-state index contributed by atoms with van der Waals surface area (Å²) in [7, 11) is 2.07. The summed E-state index contributed by atoms with van der Waals surface area (Å²) in [5.74, 6) is -0.652. The average molecular weight is 287 g/mol. The normalized spacial score (nSPS) is 12.2. The number of benzene rings is 1. The molecule has 0 bridgehead atoms. The van der Waals surface area contributed by atoms with Gasteiger partial charge in [-0.2, -0.15) is 5.26 Å². The molecule has 114 valence electrons. The maximum absolute atomic E-state index is 11.8. The van der Waals surface area contributed by atoms with Crippen molar-refractivity contribution in [3.8, 4) is 6.07 Å².